The van der Waals surface area contributed by atoms with E-state index in [2.05, 4.69) is 9.97 Å². The number of likely N-dealkylation sites (N-methyl/N-ethyl adjacent to an activating group) is 1. The van der Waals surface area contributed by atoms with E-state index in [4.69, 9.17) is 9.47 Å². The Kier molecular flexibility index (Phi) is 6.18. The second kappa shape index (κ2) is 9.17. The van der Waals surface area contributed by atoms with Gasteiger partial charge < -0.3 is 14.4 Å². The van der Waals surface area contributed by atoms with Crippen LogP contribution in [0.3, 0.4) is 0 Å². The van der Waals surface area contributed by atoms with Crippen molar-refractivity contribution in [2.24, 2.45) is 0 Å². The van der Waals surface area contributed by atoms with E-state index < -0.39 is 0 Å². The zero-order chi connectivity index (χ0) is 20.9. The SMILES string of the molecule is Cc1cc(-c2ccccc2)nc(SCC(=O)N(C)C[C@@H]2COc3ccccc3O2)n1. The fourth-order valence-electron chi connectivity index (χ4n) is 3.16. The van der Waals surface area contributed by atoms with Crippen LogP contribution in [0, 0.1) is 6.92 Å². The molecular formula is C23H23N3O3S. The molecule has 7 heteroatoms. The molecule has 0 saturated heterocycles. The van der Waals surface area contributed by atoms with Gasteiger partial charge in [-0.1, -0.05) is 54.2 Å². The lowest BCUT2D eigenvalue weighted by Gasteiger charge is -2.29. The lowest BCUT2D eigenvalue weighted by molar-refractivity contribution is -0.128. The van der Waals surface area contributed by atoms with Gasteiger partial charge in [-0.3, -0.25) is 4.79 Å². The molecule has 2 heterocycles. The average molecular weight is 422 g/mol. The highest BCUT2D eigenvalue weighted by Gasteiger charge is 2.23. The molecule has 2 aromatic carbocycles. The second-order valence-electron chi connectivity index (χ2n) is 7.10. The summed E-state index contributed by atoms with van der Waals surface area (Å²) in [6, 6.07) is 19.5. The molecule has 0 saturated carbocycles. The molecular weight excluding hydrogens is 398 g/mol. The number of rotatable bonds is 6. The smallest absolute Gasteiger partial charge is 0.232 e. The van der Waals surface area contributed by atoms with Crippen molar-refractivity contribution in [2.45, 2.75) is 18.2 Å². The number of nitrogens with zero attached hydrogens (tertiary/aromatic N) is 3. The minimum absolute atomic E-state index is 0.00572. The largest absolute Gasteiger partial charge is 0.486 e. The third kappa shape index (κ3) is 4.91. The summed E-state index contributed by atoms with van der Waals surface area (Å²) in [5.74, 6) is 1.71. The van der Waals surface area contributed by atoms with Crippen LogP contribution in [-0.2, 0) is 4.79 Å². The molecule has 1 aliphatic rings. The molecule has 4 rings (SSSR count). The molecule has 1 atom stereocenters. The predicted molar refractivity (Wildman–Crippen MR) is 117 cm³/mol. The van der Waals surface area contributed by atoms with Crippen LogP contribution in [-0.4, -0.2) is 52.8 Å². The normalized spacial score (nSPS) is 14.9. The molecule has 6 nitrogen and oxygen atoms in total. The molecule has 0 N–H and O–H groups in total. The predicted octanol–water partition coefficient (Wildman–Crippen LogP) is 3.84. The van der Waals surface area contributed by atoms with Crippen molar-refractivity contribution in [3.63, 3.8) is 0 Å². The van der Waals surface area contributed by atoms with Crippen LogP contribution in [0.4, 0.5) is 0 Å². The number of hydrogen-bond acceptors (Lipinski definition) is 6. The molecule has 0 unspecified atom stereocenters. The number of aryl methyl sites for hydroxylation is 1. The van der Waals surface area contributed by atoms with Gasteiger partial charge in [0.15, 0.2) is 22.8 Å². The van der Waals surface area contributed by atoms with Gasteiger partial charge >= 0.3 is 0 Å². The third-order valence-corrected chi connectivity index (χ3v) is 5.53. The van der Waals surface area contributed by atoms with Crippen LogP contribution < -0.4 is 9.47 Å². The van der Waals surface area contributed by atoms with Gasteiger partial charge in [0, 0.05) is 18.3 Å². The molecule has 154 valence electrons. The number of amides is 1. The molecule has 1 aromatic heterocycles. The lowest BCUT2D eigenvalue weighted by Crippen LogP contribution is -2.42. The highest BCUT2D eigenvalue weighted by Crippen LogP contribution is 2.31. The Morgan fingerprint density at radius 1 is 1.10 bits per heavy atom. The highest BCUT2D eigenvalue weighted by atomic mass is 32.2. The van der Waals surface area contributed by atoms with Gasteiger partial charge in [0.05, 0.1) is 18.0 Å². The monoisotopic (exact) mass is 421 g/mol. The minimum Gasteiger partial charge on any atom is -0.486 e. The van der Waals surface area contributed by atoms with Crippen molar-refractivity contribution in [3.05, 3.63) is 66.4 Å². The molecule has 0 fully saturated rings. The van der Waals surface area contributed by atoms with Gasteiger partial charge in [-0.2, -0.15) is 0 Å². The van der Waals surface area contributed by atoms with Crippen LogP contribution in [0.15, 0.2) is 65.8 Å². The van der Waals surface area contributed by atoms with Gasteiger partial charge in [0.2, 0.25) is 5.91 Å². The number of ether oxygens (including phenoxy) is 2. The Hall–Kier alpha value is -3.06. The molecule has 0 bridgehead atoms. The molecule has 30 heavy (non-hydrogen) atoms. The zero-order valence-electron chi connectivity index (χ0n) is 16.9. The van der Waals surface area contributed by atoms with E-state index in [1.165, 1.54) is 11.8 Å². The molecule has 0 spiro atoms. The van der Waals surface area contributed by atoms with E-state index in [0.29, 0.717) is 24.1 Å². The summed E-state index contributed by atoms with van der Waals surface area (Å²) in [4.78, 5) is 23.4. The first-order chi connectivity index (χ1) is 14.6. The summed E-state index contributed by atoms with van der Waals surface area (Å²) in [5, 5.41) is 0.599. The summed E-state index contributed by atoms with van der Waals surface area (Å²) in [6.45, 7) is 2.81. The van der Waals surface area contributed by atoms with Crippen LogP contribution in [0.25, 0.3) is 11.3 Å². The summed E-state index contributed by atoms with van der Waals surface area (Å²) in [5.41, 5.74) is 2.76. The highest BCUT2D eigenvalue weighted by molar-refractivity contribution is 7.99. The fourth-order valence-corrected chi connectivity index (χ4v) is 4.00. The van der Waals surface area contributed by atoms with Crippen molar-refractivity contribution in [3.8, 4) is 22.8 Å². The quantitative estimate of drug-likeness (QED) is 0.445. The van der Waals surface area contributed by atoms with Crippen LogP contribution in [0.5, 0.6) is 11.5 Å². The van der Waals surface area contributed by atoms with E-state index >= 15 is 0 Å². The van der Waals surface area contributed by atoms with Crippen molar-refractivity contribution in [2.75, 3.05) is 26.0 Å². The standard InChI is InChI=1S/C23H23N3O3S/c1-16-12-19(17-8-4-3-5-9-17)25-23(24-16)30-15-22(27)26(2)13-18-14-28-20-10-6-7-11-21(20)29-18/h3-12,18H,13-15H2,1-2H3/t18-/m1/s1. The van der Waals surface area contributed by atoms with Gasteiger partial charge in [-0.25, -0.2) is 9.97 Å². The molecule has 1 aliphatic heterocycles. The van der Waals surface area contributed by atoms with Gasteiger partial charge in [0.1, 0.15) is 6.61 Å². The first-order valence-corrected chi connectivity index (χ1v) is 10.7. The van der Waals surface area contributed by atoms with Crippen LogP contribution in [0.1, 0.15) is 5.69 Å². The third-order valence-electron chi connectivity index (χ3n) is 4.70. The van der Waals surface area contributed by atoms with Crippen molar-refractivity contribution < 1.29 is 14.3 Å². The number of hydrogen-bond donors (Lipinski definition) is 0. The second-order valence-corrected chi connectivity index (χ2v) is 8.05. The van der Waals surface area contributed by atoms with Gasteiger partial charge in [-0.05, 0) is 25.1 Å². The number of carbonyl (C=O) groups excluding carboxylic acids is 1. The Labute approximate surface area is 180 Å². The summed E-state index contributed by atoms with van der Waals surface area (Å²) < 4.78 is 11.7. The fraction of sp³-hybridized carbons (Fsp3) is 0.261. The maximum absolute atomic E-state index is 12.6. The zero-order valence-corrected chi connectivity index (χ0v) is 17.8. The maximum atomic E-state index is 12.6. The number of fused-ring (bicyclic) bond motifs is 1. The summed E-state index contributed by atoms with van der Waals surface area (Å²) in [6.07, 6.45) is -0.196. The van der Waals surface area contributed by atoms with Gasteiger partial charge in [0.25, 0.3) is 0 Å². The number of para-hydroxylation sites is 2. The van der Waals surface area contributed by atoms with E-state index in [-0.39, 0.29) is 17.8 Å². The van der Waals surface area contributed by atoms with Crippen molar-refractivity contribution >= 4 is 17.7 Å². The van der Waals surface area contributed by atoms with Crippen LogP contribution >= 0.6 is 11.8 Å². The lowest BCUT2D eigenvalue weighted by atomic mass is 10.1. The Morgan fingerprint density at radius 2 is 1.83 bits per heavy atom. The molecule has 0 aliphatic carbocycles. The first-order valence-electron chi connectivity index (χ1n) is 9.75. The number of benzene rings is 2. The molecule has 3 aromatic rings. The topological polar surface area (TPSA) is 64.6 Å². The van der Waals surface area contributed by atoms with Crippen molar-refractivity contribution in [1.29, 1.82) is 0 Å². The average Bonchev–Trinajstić information content (AvgIpc) is 2.77. The number of thioether (sulfide) groups is 1. The van der Waals surface area contributed by atoms with E-state index in [1.807, 2.05) is 67.6 Å². The van der Waals surface area contributed by atoms with E-state index in [9.17, 15) is 4.79 Å². The number of aromatic nitrogens is 2. The van der Waals surface area contributed by atoms with Crippen LogP contribution in [0.2, 0.25) is 0 Å². The Bertz CT molecular complexity index is 1030. The molecule has 0 radical (unpaired) electrons. The summed E-state index contributed by atoms with van der Waals surface area (Å²) >= 11 is 1.34. The number of carbonyl (C=O) groups is 1. The Morgan fingerprint density at radius 3 is 2.63 bits per heavy atom. The summed E-state index contributed by atoms with van der Waals surface area (Å²) in [7, 11) is 1.78. The Balaban J connectivity index is 1.34. The first kappa shape index (κ1) is 20.2. The van der Waals surface area contributed by atoms with Gasteiger partial charge in [-0.15, -0.1) is 0 Å². The molecule has 1 amide bonds. The van der Waals surface area contributed by atoms with Crippen molar-refractivity contribution in [1.82, 2.24) is 14.9 Å². The maximum Gasteiger partial charge on any atom is 0.232 e. The van der Waals surface area contributed by atoms with E-state index in [1.54, 1.807) is 11.9 Å². The van der Waals surface area contributed by atoms with E-state index in [0.717, 1.165) is 22.7 Å². The minimum atomic E-state index is -0.196.